The van der Waals surface area contributed by atoms with Crippen molar-refractivity contribution in [2.45, 2.75) is 39.0 Å². The average Bonchev–Trinajstić information content (AvgIpc) is 3.08. The second-order valence-electron chi connectivity index (χ2n) is 8.48. The summed E-state index contributed by atoms with van der Waals surface area (Å²) in [7, 11) is 1.84. The molecule has 4 heterocycles. The summed E-state index contributed by atoms with van der Waals surface area (Å²) in [5, 5.41) is 4.29. The van der Waals surface area contributed by atoms with Crippen LogP contribution in [0.25, 0.3) is 0 Å². The smallest absolute Gasteiger partial charge is 0.257 e. The van der Waals surface area contributed by atoms with Crippen LogP contribution < -0.4 is 0 Å². The fourth-order valence-electron chi connectivity index (χ4n) is 4.67. The van der Waals surface area contributed by atoms with Crippen molar-refractivity contribution >= 4 is 11.8 Å². The minimum Gasteiger partial charge on any atom is -0.342 e. The van der Waals surface area contributed by atoms with Crippen molar-refractivity contribution in [3.05, 3.63) is 47.5 Å². The second-order valence-corrected chi connectivity index (χ2v) is 8.48. The number of aromatic nitrogens is 3. The molecule has 0 radical (unpaired) electrons. The van der Waals surface area contributed by atoms with Gasteiger partial charge in [-0.1, -0.05) is 6.07 Å². The molecular formula is C22H29N5O2. The summed E-state index contributed by atoms with van der Waals surface area (Å²) < 4.78 is 1.69. The lowest BCUT2D eigenvalue weighted by atomic mass is 9.72. The molecule has 2 amide bonds. The Bertz CT molecular complexity index is 884. The summed E-state index contributed by atoms with van der Waals surface area (Å²) in [5.41, 5.74) is 2.63. The molecule has 7 heteroatoms. The van der Waals surface area contributed by atoms with E-state index in [1.165, 1.54) is 0 Å². The molecule has 2 aromatic heterocycles. The maximum Gasteiger partial charge on any atom is 0.257 e. The highest BCUT2D eigenvalue weighted by Crippen LogP contribution is 2.40. The van der Waals surface area contributed by atoms with E-state index in [4.69, 9.17) is 0 Å². The van der Waals surface area contributed by atoms with E-state index in [9.17, 15) is 9.59 Å². The van der Waals surface area contributed by atoms with E-state index in [2.05, 4.69) is 10.1 Å². The predicted molar refractivity (Wildman–Crippen MR) is 109 cm³/mol. The molecule has 0 N–H and O–H groups in total. The van der Waals surface area contributed by atoms with E-state index >= 15 is 0 Å². The monoisotopic (exact) mass is 395 g/mol. The Morgan fingerprint density at radius 3 is 2.66 bits per heavy atom. The zero-order valence-electron chi connectivity index (χ0n) is 17.3. The summed E-state index contributed by atoms with van der Waals surface area (Å²) in [4.78, 5) is 33.7. The summed E-state index contributed by atoms with van der Waals surface area (Å²) in [5.74, 6) is 0.320. The van der Waals surface area contributed by atoms with E-state index < -0.39 is 0 Å². The minimum absolute atomic E-state index is 0.0735. The molecule has 0 unspecified atom stereocenters. The van der Waals surface area contributed by atoms with Crippen LogP contribution in [0.3, 0.4) is 0 Å². The Balaban J connectivity index is 1.36. The minimum atomic E-state index is 0.0735. The topological polar surface area (TPSA) is 71.3 Å². The molecule has 7 nitrogen and oxygen atoms in total. The van der Waals surface area contributed by atoms with E-state index in [0.29, 0.717) is 12.0 Å². The van der Waals surface area contributed by atoms with Crippen LogP contribution in [0.2, 0.25) is 0 Å². The van der Waals surface area contributed by atoms with Crippen LogP contribution in [0.15, 0.2) is 30.6 Å². The molecule has 0 bridgehead atoms. The third-order valence-electron chi connectivity index (χ3n) is 6.47. The zero-order chi connectivity index (χ0) is 20.4. The number of hydrogen-bond donors (Lipinski definition) is 0. The van der Waals surface area contributed by atoms with Gasteiger partial charge in [-0.2, -0.15) is 5.10 Å². The van der Waals surface area contributed by atoms with Gasteiger partial charge in [0.1, 0.15) is 0 Å². The Morgan fingerprint density at radius 1 is 1.21 bits per heavy atom. The van der Waals surface area contributed by atoms with Gasteiger partial charge < -0.3 is 9.80 Å². The van der Waals surface area contributed by atoms with Crippen LogP contribution in [0, 0.1) is 12.3 Å². The van der Waals surface area contributed by atoms with Gasteiger partial charge >= 0.3 is 0 Å². The first-order valence-electron chi connectivity index (χ1n) is 10.4. The molecule has 2 aromatic rings. The third-order valence-corrected chi connectivity index (χ3v) is 6.47. The van der Waals surface area contributed by atoms with E-state index in [1.807, 2.05) is 42.0 Å². The van der Waals surface area contributed by atoms with E-state index in [-0.39, 0.29) is 17.2 Å². The van der Waals surface area contributed by atoms with Gasteiger partial charge in [-0.15, -0.1) is 0 Å². The van der Waals surface area contributed by atoms with Gasteiger partial charge in [-0.05, 0) is 43.7 Å². The molecule has 29 heavy (non-hydrogen) atoms. The average molecular weight is 396 g/mol. The van der Waals surface area contributed by atoms with Crippen molar-refractivity contribution in [1.82, 2.24) is 24.6 Å². The Labute approximate surface area is 171 Å². The second kappa shape index (κ2) is 7.97. The van der Waals surface area contributed by atoms with Gasteiger partial charge in [0.25, 0.3) is 5.91 Å². The highest BCUT2D eigenvalue weighted by molar-refractivity contribution is 5.95. The van der Waals surface area contributed by atoms with Crippen LogP contribution in [0.5, 0.6) is 0 Å². The molecule has 2 saturated heterocycles. The predicted octanol–water partition coefficient (Wildman–Crippen LogP) is 2.21. The first kappa shape index (κ1) is 19.6. The molecule has 0 aromatic carbocycles. The van der Waals surface area contributed by atoms with Gasteiger partial charge in [-0.3, -0.25) is 19.3 Å². The zero-order valence-corrected chi connectivity index (χ0v) is 17.3. The maximum atomic E-state index is 12.9. The molecule has 0 atom stereocenters. The molecule has 0 saturated carbocycles. The Morgan fingerprint density at radius 2 is 2.00 bits per heavy atom. The molecule has 4 rings (SSSR count). The van der Waals surface area contributed by atoms with Crippen molar-refractivity contribution in [1.29, 1.82) is 0 Å². The standard InChI is InChI=1S/C22H29N5O2/c1-17-19(15-25(2)24-17)21(29)26-13-9-22(10-14-26)8-6-20(28)27(16-22)12-7-18-5-3-4-11-23-18/h3-5,11,15H,6-10,12-14,16H2,1-2H3. The largest absolute Gasteiger partial charge is 0.342 e. The van der Waals surface area contributed by atoms with Gasteiger partial charge in [-0.25, -0.2) is 0 Å². The van der Waals surface area contributed by atoms with Gasteiger partial charge in [0, 0.05) is 64.2 Å². The third kappa shape index (κ3) is 4.18. The number of pyridine rings is 1. The van der Waals surface area contributed by atoms with Crippen molar-refractivity contribution in [2.75, 3.05) is 26.2 Å². The number of nitrogens with zero attached hydrogens (tertiary/aromatic N) is 5. The highest BCUT2D eigenvalue weighted by atomic mass is 16.2. The van der Waals surface area contributed by atoms with Crippen molar-refractivity contribution in [2.24, 2.45) is 12.5 Å². The normalized spacial score (nSPS) is 19.0. The van der Waals surface area contributed by atoms with Crippen LogP contribution in [-0.2, 0) is 18.3 Å². The van der Waals surface area contributed by atoms with Crippen LogP contribution in [0.4, 0.5) is 0 Å². The van der Waals surface area contributed by atoms with Gasteiger partial charge in [0.15, 0.2) is 0 Å². The highest BCUT2D eigenvalue weighted by Gasteiger charge is 2.41. The molecule has 2 aliphatic heterocycles. The van der Waals surface area contributed by atoms with Crippen LogP contribution >= 0.6 is 0 Å². The van der Waals surface area contributed by atoms with Crippen LogP contribution in [0.1, 0.15) is 47.4 Å². The first-order chi connectivity index (χ1) is 14.0. The van der Waals surface area contributed by atoms with Crippen LogP contribution in [-0.4, -0.2) is 62.6 Å². The number of rotatable bonds is 4. The molecular weight excluding hydrogens is 366 g/mol. The summed E-state index contributed by atoms with van der Waals surface area (Å²) in [6.45, 7) is 4.89. The maximum absolute atomic E-state index is 12.9. The number of likely N-dealkylation sites (tertiary alicyclic amines) is 2. The number of aryl methyl sites for hydroxylation is 2. The number of amides is 2. The fraction of sp³-hybridized carbons (Fsp3) is 0.545. The summed E-state index contributed by atoms with van der Waals surface area (Å²) >= 11 is 0. The molecule has 154 valence electrons. The van der Waals surface area contributed by atoms with E-state index in [0.717, 1.165) is 63.3 Å². The quantitative estimate of drug-likeness (QED) is 0.796. The molecule has 0 aliphatic carbocycles. The number of carbonyl (C=O) groups is 2. The lowest BCUT2D eigenvalue weighted by Gasteiger charge is -2.47. The lowest BCUT2D eigenvalue weighted by Crippen LogP contribution is -2.52. The van der Waals surface area contributed by atoms with Crippen molar-refractivity contribution in [3.8, 4) is 0 Å². The Hall–Kier alpha value is -2.70. The van der Waals surface area contributed by atoms with Gasteiger partial charge in [0.05, 0.1) is 11.3 Å². The lowest BCUT2D eigenvalue weighted by molar-refractivity contribution is -0.138. The van der Waals surface area contributed by atoms with Crippen molar-refractivity contribution in [3.63, 3.8) is 0 Å². The van der Waals surface area contributed by atoms with Gasteiger partial charge in [0.2, 0.25) is 5.91 Å². The van der Waals surface area contributed by atoms with Crippen molar-refractivity contribution < 1.29 is 9.59 Å². The fourth-order valence-corrected chi connectivity index (χ4v) is 4.67. The molecule has 2 aliphatic rings. The first-order valence-corrected chi connectivity index (χ1v) is 10.4. The SMILES string of the molecule is Cc1nn(C)cc1C(=O)N1CCC2(CCC(=O)N(CCc3ccccn3)C2)CC1. The Kier molecular flexibility index (Phi) is 5.39. The number of carbonyl (C=O) groups excluding carboxylic acids is 2. The summed E-state index contributed by atoms with van der Waals surface area (Å²) in [6, 6.07) is 5.90. The summed E-state index contributed by atoms with van der Waals surface area (Å²) in [6.07, 6.45) is 7.83. The number of piperidine rings is 2. The number of hydrogen-bond acceptors (Lipinski definition) is 4. The van der Waals surface area contributed by atoms with E-state index in [1.54, 1.807) is 17.1 Å². The molecule has 1 spiro atoms. The molecule has 2 fully saturated rings.